The van der Waals surface area contributed by atoms with Gasteiger partial charge in [-0.1, -0.05) is 66.2 Å². The third-order valence-electron chi connectivity index (χ3n) is 4.82. The second kappa shape index (κ2) is 11.7. The van der Waals surface area contributed by atoms with Gasteiger partial charge >= 0.3 is 12.1 Å². The fourth-order valence-corrected chi connectivity index (χ4v) is 3.33. The number of rotatable bonds is 9. The Morgan fingerprint density at radius 3 is 2.21 bits per heavy atom. The average Bonchev–Trinajstić information content (AvgIpc) is 2.80. The fourth-order valence-electron chi connectivity index (χ4n) is 3.11. The van der Waals surface area contributed by atoms with E-state index in [-0.39, 0.29) is 17.0 Å². The molecule has 7 nitrogen and oxygen atoms in total. The van der Waals surface area contributed by atoms with Crippen LogP contribution in [0, 0.1) is 0 Å². The number of carboxylic acids is 1. The summed E-state index contributed by atoms with van der Waals surface area (Å²) in [6.07, 6.45) is 0.162. The van der Waals surface area contributed by atoms with E-state index in [2.05, 4.69) is 10.6 Å². The van der Waals surface area contributed by atoms with Crippen molar-refractivity contribution < 1.29 is 24.2 Å². The van der Waals surface area contributed by atoms with Gasteiger partial charge in [-0.05, 0) is 41.8 Å². The van der Waals surface area contributed by atoms with Gasteiger partial charge in [0.15, 0.2) is 0 Å². The Hall–Kier alpha value is -3.84. The van der Waals surface area contributed by atoms with Crippen LogP contribution in [0.5, 0.6) is 5.75 Å². The number of carbonyl (C=O) groups excluding carboxylic acids is 2. The molecule has 33 heavy (non-hydrogen) atoms. The van der Waals surface area contributed by atoms with E-state index in [1.165, 1.54) is 6.07 Å². The predicted molar refractivity (Wildman–Crippen MR) is 125 cm³/mol. The summed E-state index contributed by atoms with van der Waals surface area (Å²) in [5.41, 5.74) is 1.96. The minimum Gasteiger partial charge on any atom is -0.480 e. The summed E-state index contributed by atoms with van der Waals surface area (Å²) in [6, 6.07) is 21.4. The highest BCUT2D eigenvalue weighted by atomic mass is 35.5. The molecule has 2 amide bonds. The van der Waals surface area contributed by atoms with Gasteiger partial charge in [0, 0.05) is 13.0 Å². The van der Waals surface area contributed by atoms with E-state index in [0.29, 0.717) is 24.3 Å². The Morgan fingerprint density at radius 1 is 0.879 bits per heavy atom. The van der Waals surface area contributed by atoms with Crippen molar-refractivity contribution in [2.75, 3.05) is 6.54 Å². The average molecular weight is 467 g/mol. The second-order valence-corrected chi connectivity index (χ2v) is 7.65. The summed E-state index contributed by atoms with van der Waals surface area (Å²) in [4.78, 5) is 36.0. The number of ether oxygens (including phenoxy) is 1. The molecule has 3 rings (SSSR count). The molecule has 170 valence electrons. The molecule has 0 unspecified atom stereocenters. The highest BCUT2D eigenvalue weighted by Crippen LogP contribution is 2.16. The van der Waals surface area contributed by atoms with Crippen LogP contribution in [-0.4, -0.2) is 35.7 Å². The maximum atomic E-state index is 12.4. The molecule has 0 aliphatic carbocycles. The zero-order chi connectivity index (χ0) is 23.6. The van der Waals surface area contributed by atoms with Gasteiger partial charge in [0.1, 0.15) is 11.8 Å². The highest BCUT2D eigenvalue weighted by Gasteiger charge is 2.22. The number of aliphatic carboxylic acids is 1. The molecule has 1 atom stereocenters. The van der Waals surface area contributed by atoms with Crippen molar-refractivity contribution in [2.24, 2.45) is 0 Å². The molecule has 3 aromatic rings. The van der Waals surface area contributed by atoms with Crippen molar-refractivity contribution in [1.29, 1.82) is 0 Å². The topological polar surface area (TPSA) is 105 Å². The van der Waals surface area contributed by atoms with Gasteiger partial charge in [0.05, 0.1) is 10.6 Å². The van der Waals surface area contributed by atoms with Gasteiger partial charge in [-0.25, -0.2) is 9.59 Å². The van der Waals surface area contributed by atoms with Crippen LogP contribution in [0.3, 0.4) is 0 Å². The first-order valence-corrected chi connectivity index (χ1v) is 10.7. The van der Waals surface area contributed by atoms with Crippen LogP contribution in [-0.2, 0) is 17.6 Å². The number of amides is 2. The number of nitrogens with one attached hydrogen (secondary N) is 2. The van der Waals surface area contributed by atoms with Crippen LogP contribution in [0.15, 0.2) is 78.9 Å². The largest absolute Gasteiger partial charge is 0.480 e. The van der Waals surface area contributed by atoms with Crippen molar-refractivity contribution in [3.63, 3.8) is 0 Å². The maximum Gasteiger partial charge on any atom is 0.412 e. The molecule has 0 heterocycles. The molecule has 0 saturated heterocycles. The zero-order valence-corrected chi connectivity index (χ0v) is 18.4. The van der Waals surface area contributed by atoms with Crippen LogP contribution in [0.4, 0.5) is 4.79 Å². The molecule has 0 aromatic heterocycles. The number of hydrogen-bond acceptors (Lipinski definition) is 4. The smallest absolute Gasteiger partial charge is 0.412 e. The molecule has 0 aliphatic rings. The van der Waals surface area contributed by atoms with Crippen molar-refractivity contribution in [3.8, 4) is 5.75 Å². The van der Waals surface area contributed by atoms with Crippen LogP contribution in [0.1, 0.15) is 21.5 Å². The lowest BCUT2D eigenvalue weighted by Crippen LogP contribution is -2.42. The third kappa shape index (κ3) is 7.36. The molecule has 0 spiro atoms. The van der Waals surface area contributed by atoms with Crippen molar-refractivity contribution >= 4 is 29.6 Å². The van der Waals surface area contributed by atoms with Crippen molar-refractivity contribution in [3.05, 3.63) is 101 Å². The molecular weight excluding hydrogens is 444 g/mol. The first-order valence-electron chi connectivity index (χ1n) is 10.3. The van der Waals surface area contributed by atoms with Gasteiger partial charge < -0.3 is 20.5 Å². The summed E-state index contributed by atoms with van der Waals surface area (Å²) in [7, 11) is 0. The van der Waals surface area contributed by atoms with Gasteiger partial charge in [0.2, 0.25) is 0 Å². The van der Waals surface area contributed by atoms with Gasteiger partial charge in [-0.15, -0.1) is 0 Å². The molecule has 0 radical (unpaired) electrons. The fraction of sp³-hybridized carbons (Fsp3) is 0.160. The second-order valence-electron chi connectivity index (χ2n) is 7.24. The summed E-state index contributed by atoms with van der Waals surface area (Å²) in [6.45, 7) is 0.437. The normalized spacial score (nSPS) is 11.3. The van der Waals surface area contributed by atoms with Crippen LogP contribution in [0.2, 0.25) is 5.02 Å². The first kappa shape index (κ1) is 23.8. The number of carboxylic acid groups (broad SMARTS) is 1. The summed E-state index contributed by atoms with van der Waals surface area (Å²) in [5, 5.41) is 14.9. The lowest BCUT2D eigenvalue weighted by atomic mass is 10.1. The van der Waals surface area contributed by atoms with Crippen LogP contribution >= 0.6 is 11.6 Å². The molecule has 0 saturated carbocycles. The standard InChI is InChI=1S/C25H23ClN2O5/c26-21-9-5-4-8-20(21)23(29)28-22(24(30)31)16-18-10-12-19(13-11-18)33-25(32)27-15-14-17-6-2-1-3-7-17/h1-13,22H,14-16H2,(H,27,32)(H,28,29)(H,30,31)/t22-/m0/s1. The molecular formula is C25H23ClN2O5. The first-order chi connectivity index (χ1) is 15.9. The van der Waals surface area contributed by atoms with Gasteiger partial charge in [0.25, 0.3) is 5.91 Å². The third-order valence-corrected chi connectivity index (χ3v) is 5.15. The number of hydrogen-bond donors (Lipinski definition) is 3. The summed E-state index contributed by atoms with van der Waals surface area (Å²) < 4.78 is 5.24. The molecule has 0 fully saturated rings. The van der Waals surface area contributed by atoms with E-state index in [1.807, 2.05) is 30.3 Å². The Morgan fingerprint density at radius 2 is 1.55 bits per heavy atom. The van der Waals surface area contributed by atoms with E-state index in [9.17, 15) is 19.5 Å². The lowest BCUT2D eigenvalue weighted by molar-refractivity contribution is -0.139. The highest BCUT2D eigenvalue weighted by molar-refractivity contribution is 6.33. The van der Waals surface area contributed by atoms with Crippen molar-refractivity contribution in [2.45, 2.75) is 18.9 Å². The van der Waals surface area contributed by atoms with Gasteiger partial charge in [-0.2, -0.15) is 0 Å². The van der Waals surface area contributed by atoms with E-state index in [4.69, 9.17) is 16.3 Å². The maximum absolute atomic E-state index is 12.4. The minimum absolute atomic E-state index is 0.0507. The minimum atomic E-state index is -1.17. The predicted octanol–water partition coefficient (Wildman–Crippen LogP) is 4.10. The van der Waals surface area contributed by atoms with E-state index in [0.717, 1.165) is 5.56 Å². The molecule has 8 heteroatoms. The molecule has 0 bridgehead atoms. The number of carbonyl (C=O) groups is 3. The Labute approximate surface area is 196 Å². The Balaban J connectivity index is 1.51. The quantitative estimate of drug-likeness (QED) is 0.440. The Bertz CT molecular complexity index is 1100. The lowest BCUT2D eigenvalue weighted by Gasteiger charge is -2.15. The van der Waals surface area contributed by atoms with E-state index < -0.39 is 24.0 Å². The number of halogens is 1. The Kier molecular flexibility index (Phi) is 8.43. The SMILES string of the molecule is O=C(NCCc1ccccc1)Oc1ccc(C[C@H](NC(=O)c2ccccc2Cl)C(=O)O)cc1. The van der Waals surface area contributed by atoms with Crippen molar-refractivity contribution in [1.82, 2.24) is 10.6 Å². The van der Waals surface area contributed by atoms with E-state index in [1.54, 1.807) is 42.5 Å². The van der Waals surface area contributed by atoms with E-state index >= 15 is 0 Å². The monoisotopic (exact) mass is 466 g/mol. The molecule has 3 N–H and O–H groups in total. The summed E-state index contributed by atoms with van der Waals surface area (Å²) >= 11 is 6.01. The van der Waals surface area contributed by atoms with Crippen LogP contribution < -0.4 is 15.4 Å². The molecule has 0 aliphatic heterocycles. The van der Waals surface area contributed by atoms with Gasteiger partial charge in [-0.3, -0.25) is 4.79 Å². The molecule has 3 aromatic carbocycles. The van der Waals surface area contributed by atoms with Crippen LogP contribution in [0.25, 0.3) is 0 Å². The zero-order valence-electron chi connectivity index (χ0n) is 17.7. The summed E-state index contributed by atoms with van der Waals surface area (Å²) in [5.74, 6) is -1.42. The number of benzene rings is 3.